The van der Waals surface area contributed by atoms with Gasteiger partial charge in [0, 0.05) is 23.2 Å². The van der Waals surface area contributed by atoms with Gasteiger partial charge in [0.1, 0.15) is 0 Å². The number of hydrogen-bond donors (Lipinski definition) is 1. The SMILES string of the molecule is CSCCC(C)N(C)S(=O)(=O)c1ccc(N)cc1Br. The molecule has 0 spiro atoms. The van der Waals surface area contributed by atoms with E-state index in [1.807, 2.05) is 13.2 Å². The van der Waals surface area contributed by atoms with Gasteiger partial charge in [0.15, 0.2) is 0 Å². The van der Waals surface area contributed by atoms with E-state index >= 15 is 0 Å². The van der Waals surface area contributed by atoms with Crippen molar-refractivity contribution < 1.29 is 8.42 Å². The highest BCUT2D eigenvalue weighted by atomic mass is 79.9. The van der Waals surface area contributed by atoms with Crippen molar-refractivity contribution in [2.24, 2.45) is 0 Å². The van der Waals surface area contributed by atoms with Gasteiger partial charge < -0.3 is 5.73 Å². The van der Waals surface area contributed by atoms with E-state index < -0.39 is 10.0 Å². The Labute approximate surface area is 127 Å². The molecule has 1 aromatic rings. The Hall–Kier alpha value is -0.240. The number of halogens is 1. The van der Waals surface area contributed by atoms with Crippen LogP contribution in [0.2, 0.25) is 0 Å². The molecule has 0 radical (unpaired) electrons. The molecule has 2 N–H and O–H groups in total. The first-order chi connectivity index (χ1) is 8.80. The van der Waals surface area contributed by atoms with Crippen LogP contribution in [0.3, 0.4) is 0 Å². The molecule has 0 aliphatic carbocycles. The number of rotatable bonds is 6. The molecule has 19 heavy (non-hydrogen) atoms. The maximum Gasteiger partial charge on any atom is 0.244 e. The van der Waals surface area contributed by atoms with Gasteiger partial charge >= 0.3 is 0 Å². The highest BCUT2D eigenvalue weighted by molar-refractivity contribution is 9.10. The molecule has 1 aromatic carbocycles. The van der Waals surface area contributed by atoms with E-state index in [4.69, 9.17) is 5.73 Å². The van der Waals surface area contributed by atoms with Crippen molar-refractivity contribution in [2.75, 3.05) is 24.8 Å². The van der Waals surface area contributed by atoms with Crippen LogP contribution >= 0.6 is 27.7 Å². The summed E-state index contributed by atoms with van der Waals surface area (Å²) in [5, 5.41) is 0. The minimum Gasteiger partial charge on any atom is -0.399 e. The fraction of sp³-hybridized carbons (Fsp3) is 0.500. The first-order valence-electron chi connectivity index (χ1n) is 5.82. The van der Waals surface area contributed by atoms with Crippen molar-refractivity contribution in [1.29, 1.82) is 0 Å². The minimum absolute atomic E-state index is 0.0399. The number of nitrogen functional groups attached to an aromatic ring is 1. The van der Waals surface area contributed by atoms with Crippen molar-refractivity contribution in [3.63, 3.8) is 0 Å². The van der Waals surface area contributed by atoms with Crippen molar-refractivity contribution in [2.45, 2.75) is 24.3 Å². The summed E-state index contributed by atoms with van der Waals surface area (Å²) >= 11 is 4.97. The maximum absolute atomic E-state index is 12.5. The van der Waals surface area contributed by atoms with Crippen LogP contribution < -0.4 is 5.73 Å². The second-order valence-corrected chi connectivity index (χ2v) is 8.15. The van der Waals surface area contributed by atoms with Gasteiger partial charge in [0.2, 0.25) is 10.0 Å². The number of nitrogens with two attached hydrogens (primary N) is 1. The summed E-state index contributed by atoms with van der Waals surface area (Å²) in [5.41, 5.74) is 6.16. The Morgan fingerprint density at radius 1 is 1.47 bits per heavy atom. The molecule has 7 heteroatoms. The molecule has 0 amide bonds. The number of benzene rings is 1. The molecule has 0 aliphatic rings. The maximum atomic E-state index is 12.5. The van der Waals surface area contributed by atoms with Crippen LogP contribution in [0.25, 0.3) is 0 Å². The largest absolute Gasteiger partial charge is 0.399 e. The van der Waals surface area contributed by atoms with E-state index in [9.17, 15) is 8.42 Å². The lowest BCUT2D eigenvalue weighted by Crippen LogP contribution is -2.35. The van der Waals surface area contributed by atoms with E-state index in [0.717, 1.165) is 12.2 Å². The second kappa shape index (κ2) is 6.97. The zero-order valence-corrected chi connectivity index (χ0v) is 14.5. The Morgan fingerprint density at radius 2 is 2.11 bits per heavy atom. The number of nitrogens with zero attached hydrogens (tertiary/aromatic N) is 1. The lowest BCUT2D eigenvalue weighted by molar-refractivity contribution is 0.382. The zero-order valence-electron chi connectivity index (χ0n) is 11.3. The van der Waals surface area contributed by atoms with Gasteiger partial charge in [-0.2, -0.15) is 16.1 Å². The predicted octanol–water partition coefficient (Wildman–Crippen LogP) is 2.79. The van der Waals surface area contributed by atoms with Gasteiger partial charge in [0.25, 0.3) is 0 Å². The van der Waals surface area contributed by atoms with Crippen LogP contribution in [0.1, 0.15) is 13.3 Å². The molecule has 0 bridgehead atoms. The molecule has 0 heterocycles. The van der Waals surface area contributed by atoms with Gasteiger partial charge in [-0.05, 0) is 59.5 Å². The molecule has 1 unspecified atom stereocenters. The summed E-state index contributed by atoms with van der Waals surface area (Å²) < 4.78 is 26.9. The summed E-state index contributed by atoms with van der Waals surface area (Å²) in [4.78, 5) is 0.250. The summed E-state index contributed by atoms with van der Waals surface area (Å²) in [6.07, 6.45) is 2.83. The first-order valence-corrected chi connectivity index (χ1v) is 9.45. The fourth-order valence-electron chi connectivity index (χ4n) is 1.59. The van der Waals surface area contributed by atoms with Gasteiger partial charge in [-0.15, -0.1) is 0 Å². The molecule has 0 aliphatic heterocycles. The number of thioether (sulfide) groups is 1. The van der Waals surface area contributed by atoms with Crippen LogP contribution in [0.15, 0.2) is 27.6 Å². The average molecular weight is 367 g/mol. The zero-order chi connectivity index (χ0) is 14.6. The van der Waals surface area contributed by atoms with Crippen molar-refractivity contribution in [3.8, 4) is 0 Å². The molecule has 0 fully saturated rings. The Morgan fingerprint density at radius 3 is 2.63 bits per heavy atom. The fourth-order valence-corrected chi connectivity index (χ4v) is 4.61. The molecule has 1 atom stereocenters. The third kappa shape index (κ3) is 4.11. The molecular weight excluding hydrogens is 348 g/mol. The smallest absolute Gasteiger partial charge is 0.244 e. The van der Waals surface area contributed by atoms with Gasteiger partial charge in [-0.1, -0.05) is 0 Å². The van der Waals surface area contributed by atoms with E-state index in [0.29, 0.717) is 10.2 Å². The highest BCUT2D eigenvalue weighted by Gasteiger charge is 2.26. The second-order valence-electron chi connectivity index (χ2n) is 4.34. The Balaban J connectivity index is 3.02. The quantitative estimate of drug-likeness (QED) is 0.786. The molecule has 4 nitrogen and oxygen atoms in total. The van der Waals surface area contributed by atoms with Crippen molar-refractivity contribution in [3.05, 3.63) is 22.7 Å². The summed E-state index contributed by atoms with van der Waals surface area (Å²) in [6.45, 7) is 1.92. The summed E-state index contributed by atoms with van der Waals surface area (Å²) in [6, 6.07) is 4.69. The predicted molar refractivity (Wildman–Crippen MR) is 86.0 cm³/mol. The molecule has 108 valence electrons. The van der Waals surface area contributed by atoms with Crippen LogP contribution in [-0.2, 0) is 10.0 Å². The third-order valence-electron chi connectivity index (χ3n) is 2.97. The van der Waals surface area contributed by atoms with E-state index in [1.54, 1.807) is 30.9 Å². The molecule has 0 aromatic heterocycles. The first kappa shape index (κ1) is 16.8. The molecule has 0 saturated heterocycles. The molecule has 0 saturated carbocycles. The number of sulfonamides is 1. The minimum atomic E-state index is -3.49. The van der Waals surface area contributed by atoms with Gasteiger partial charge in [-0.3, -0.25) is 0 Å². The molecule has 1 rings (SSSR count). The number of hydrogen-bond acceptors (Lipinski definition) is 4. The monoisotopic (exact) mass is 366 g/mol. The summed E-state index contributed by atoms with van der Waals surface area (Å²) in [7, 11) is -1.88. The lowest BCUT2D eigenvalue weighted by atomic mass is 10.3. The average Bonchev–Trinajstić information content (AvgIpc) is 2.34. The van der Waals surface area contributed by atoms with E-state index in [1.165, 1.54) is 10.4 Å². The Bertz CT molecular complexity index is 535. The van der Waals surface area contributed by atoms with E-state index in [2.05, 4.69) is 15.9 Å². The van der Waals surface area contributed by atoms with Crippen LogP contribution in [0, 0.1) is 0 Å². The van der Waals surface area contributed by atoms with E-state index in [-0.39, 0.29) is 10.9 Å². The lowest BCUT2D eigenvalue weighted by Gasteiger charge is -2.24. The summed E-state index contributed by atoms with van der Waals surface area (Å²) in [5.74, 6) is 0.934. The molecular formula is C12H19BrN2O2S2. The normalized spacial score (nSPS) is 13.7. The highest BCUT2D eigenvalue weighted by Crippen LogP contribution is 2.27. The topological polar surface area (TPSA) is 63.4 Å². The third-order valence-corrected chi connectivity index (χ3v) is 6.57. The van der Waals surface area contributed by atoms with Crippen molar-refractivity contribution in [1.82, 2.24) is 4.31 Å². The Kier molecular flexibility index (Phi) is 6.16. The van der Waals surface area contributed by atoms with Crippen LogP contribution in [-0.4, -0.2) is 37.8 Å². The van der Waals surface area contributed by atoms with Crippen molar-refractivity contribution >= 4 is 43.4 Å². The van der Waals surface area contributed by atoms with Crippen LogP contribution in [0.4, 0.5) is 5.69 Å². The standard InChI is InChI=1S/C12H19BrN2O2S2/c1-9(6-7-18-3)15(2)19(16,17)12-5-4-10(14)8-11(12)13/h4-5,8-9H,6-7,14H2,1-3H3. The van der Waals surface area contributed by atoms with Crippen LogP contribution in [0.5, 0.6) is 0 Å². The number of anilines is 1. The van der Waals surface area contributed by atoms with Gasteiger partial charge in [0.05, 0.1) is 4.90 Å². The van der Waals surface area contributed by atoms with Gasteiger partial charge in [-0.25, -0.2) is 8.42 Å².